The van der Waals surface area contributed by atoms with Gasteiger partial charge in [-0.3, -0.25) is 14.5 Å². The molecule has 146 valence electrons. The molecule has 0 N–H and O–H groups in total. The van der Waals surface area contributed by atoms with Crippen molar-refractivity contribution in [2.24, 2.45) is 0 Å². The Bertz CT molecular complexity index is 910. The number of carbonyl (C=O) groups excluding carboxylic acids is 2. The number of piperazine rings is 1. The average Bonchev–Trinajstić information content (AvgIpc) is 2.99. The summed E-state index contributed by atoms with van der Waals surface area (Å²) >= 11 is 6.14. The minimum absolute atomic E-state index is 0.159. The molecule has 2 heterocycles. The number of nitrogens with zero attached hydrogens (tertiary/aromatic N) is 3. The number of imide groups is 1. The van der Waals surface area contributed by atoms with Gasteiger partial charge in [-0.2, -0.15) is 0 Å². The first-order chi connectivity index (χ1) is 13.4. The minimum atomic E-state index is -0.458. The number of hydrogen-bond acceptors (Lipinski definition) is 4. The SMILES string of the molecule is Cc1ccc(Cl)cc1N1CCN([C@H]2CC(=O)N(c3ccc(F)cc3)C2=O)CC1. The van der Waals surface area contributed by atoms with Crippen LogP contribution in [0.5, 0.6) is 0 Å². The van der Waals surface area contributed by atoms with Gasteiger partial charge < -0.3 is 4.90 Å². The molecule has 0 spiro atoms. The zero-order chi connectivity index (χ0) is 19.8. The summed E-state index contributed by atoms with van der Waals surface area (Å²) < 4.78 is 13.2. The summed E-state index contributed by atoms with van der Waals surface area (Å²) in [6.45, 7) is 4.95. The second-order valence-corrected chi connectivity index (χ2v) is 7.65. The number of benzene rings is 2. The van der Waals surface area contributed by atoms with E-state index in [-0.39, 0.29) is 18.2 Å². The first-order valence-corrected chi connectivity index (χ1v) is 9.69. The molecule has 0 aliphatic carbocycles. The van der Waals surface area contributed by atoms with E-state index in [0.717, 1.165) is 24.3 Å². The maximum atomic E-state index is 13.2. The van der Waals surface area contributed by atoms with Gasteiger partial charge >= 0.3 is 0 Å². The predicted octanol–water partition coefficient (Wildman–Crippen LogP) is 3.24. The van der Waals surface area contributed by atoms with Crippen LogP contribution in [-0.2, 0) is 9.59 Å². The zero-order valence-corrected chi connectivity index (χ0v) is 16.3. The molecule has 2 saturated heterocycles. The molecular weight excluding hydrogens is 381 g/mol. The zero-order valence-electron chi connectivity index (χ0n) is 15.6. The Labute approximate surface area is 168 Å². The third kappa shape index (κ3) is 3.50. The molecule has 0 aromatic heterocycles. The highest BCUT2D eigenvalue weighted by atomic mass is 35.5. The van der Waals surface area contributed by atoms with Gasteiger partial charge in [0.1, 0.15) is 5.82 Å². The lowest BCUT2D eigenvalue weighted by Crippen LogP contribution is -2.52. The molecule has 2 fully saturated rings. The van der Waals surface area contributed by atoms with Crippen LogP contribution in [0.25, 0.3) is 0 Å². The Balaban J connectivity index is 1.45. The molecule has 2 aliphatic heterocycles. The van der Waals surface area contributed by atoms with E-state index in [2.05, 4.69) is 16.7 Å². The largest absolute Gasteiger partial charge is 0.369 e. The van der Waals surface area contributed by atoms with Crippen molar-refractivity contribution in [1.29, 1.82) is 0 Å². The Morgan fingerprint density at radius 1 is 1.00 bits per heavy atom. The summed E-state index contributed by atoms with van der Waals surface area (Å²) in [5, 5.41) is 0.703. The van der Waals surface area contributed by atoms with Crippen LogP contribution in [0.4, 0.5) is 15.8 Å². The van der Waals surface area contributed by atoms with Crippen LogP contribution in [0.1, 0.15) is 12.0 Å². The van der Waals surface area contributed by atoms with Gasteiger partial charge in [0.25, 0.3) is 5.91 Å². The Morgan fingerprint density at radius 3 is 2.36 bits per heavy atom. The molecule has 7 heteroatoms. The van der Waals surface area contributed by atoms with Crippen LogP contribution in [-0.4, -0.2) is 48.9 Å². The summed E-state index contributed by atoms with van der Waals surface area (Å²) in [5.74, 6) is -0.870. The lowest BCUT2D eigenvalue weighted by atomic mass is 10.1. The average molecular weight is 402 g/mol. The van der Waals surface area contributed by atoms with E-state index in [1.165, 1.54) is 29.2 Å². The number of rotatable bonds is 3. The van der Waals surface area contributed by atoms with Crippen molar-refractivity contribution in [2.75, 3.05) is 36.0 Å². The van der Waals surface area contributed by atoms with Gasteiger partial charge in [-0.25, -0.2) is 9.29 Å². The standard InChI is InChI=1S/C21H21ClFN3O2/c1-14-2-3-15(22)12-18(14)24-8-10-25(11-9-24)19-13-20(27)26(21(19)28)17-6-4-16(23)5-7-17/h2-7,12,19H,8-11,13H2,1H3/t19-/m0/s1. The summed E-state index contributed by atoms with van der Waals surface area (Å²) in [6.07, 6.45) is 0.159. The number of amides is 2. The van der Waals surface area contributed by atoms with Crippen molar-refractivity contribution < 1.29 is 14.0 Å². The normalized spacial score (nSPS) is 20.9. The molecule has 2 aromatic carbocycles. The number of carbonyl (C=O) groups is 2. The van der Waals surface area contributed by atoms with Gasteiger partial charge in [0, 0.05) is 36.9 Å². The number of hydrogen-bond donors (Lipinski definition) is 0. The number of halogens is 2. The third-order valence-corrected chi connectivity index (χ3v) is 5.71. The highest BCUT2D eigenvalue weighted by molar-refractivity contribution is 6.30. The first kappa shape index (κ1) is 18.9. The molecule has 2 aliphatic rings. The number of anilines is 2. The van der Waals surface area contributed by atoms with Gasteiger partial charge in [0.2, 0.25) is 5.91 Å². The van der Waals surface area contributed by atoms with Crippen molar-refractivity contribution in [2.45, 2.75) is 19.4 Å². The monoisotopic (exact) mass is 401 g/mol. The molecule has 0 unspecified atom stereocenters. The maximum absolute atomic E-state index is 13.2. The second kappa shape index (κ2) is 7.53. The fourth-order valence-corrected chi connectivity index (χ4v) is 4.13. The van der Waals surface area contributed by atoms with Crippen LogP contribution in [0.15, 0.2) is 42.5 Å². The molecule has 1 atom stereocenters. The van der Waals surface area contributed by atoms with Gasteiger partial charge in [-0.05, 0) is 48.9 Å². The van der Waals surface area contributed by atoms with Crippen LogP contribution < -0.4 is 9.80 Å². The summed E-state index contributed by atoms with van der Waals surface area (Å²) in [5.41, 5.74) is 2.69. The van der Waals surface area contributed by atoms with Crippen molar-refractivity contribution in [1.82, 2.24) is 4.90 Å². The van der Waals surface area contributed by atoms with Crippen LogP contribution >= 0.6 is 11.6 Å². The fraction of sp³-hybridized carbons (Fsp3) is 0.333. The van der Waals surface area contributed by atoms with Crippen molar-refractivity contribution >= 4 is 34.8 Å². The molecule has 2 aromatic rings. The molecule has 0 radical (unpaired) electrons. The van der Waals surface area contributed by atoms with E-state index in [1.807, 2.05) is 18.2 Å². The van der Waals surface area contributed by atoms with Gasteiger partial charge in [-0.1, -0.05) is 17.7 Å². The Kier molecular flexibility index (Phi) is 5.08. The lowest BCUT2D eigenvalue weighted by Gasteiger charge is -2.38. The Morgan fingerprint density at radius 2 is 1.68 bits per heavy atom. The summed E-state index contributed by atoms with van der Waals surface area (Å²) in [7, 11) is 0. The number of aryl methyl sites for hydroxylation is 1. The second-order valence-electron chi connectivity index (χ2n) is 7.22. The summed E-state index contributed by atoms with van der Waals surface area (Å²) in [4.78, 5) is 30.8. The van der Waals surface area contributed by atoms with Gasteiger partial charge in [-0.15, -0.1) is 0 Å². The van der Waals surface area contributed by atoms with Crippen molar-refractivity contribution in [3.8, 4) is 0 Å². The molecule has 2 amide bonds. The molecular formula is C21H21ClFN3O2. The smallest absolute Gasteiger partial charge is 0.251 e. The van der Waals surface area contributed by atoms with Crippen LogP contribution in [0.2, 0.25) is 5.02 Å². The molecule has 28 heavy (non-hydrogen) atoms. The van der Waals surface area contributed by atoms with E-state index >= 15 is 0 Å². The first-order valence-electron chi connectivity index (χ1n) is 9.31. The fourth-order valence-electron chi connectivity index (χ4n) is 3.96. The lowest BCUT2D eigenvalue weighted by molar-refractivity contribution is -0.123. The molecule has 0 saturated carbocycles. The topological polar surface area (TPSA) is 43.9 Å². The van der Waals surface area contributed by atoms with Crippen molar-refractivity contribution in [3.63, 3.8) is 0 Å². The van der Waals surface area contributed by atoms with Crippen LogP contribution in [0, 0.1) is 12.7 Å². The molecule has 0 bridgehead atoms. The van der Waals surface area contributed by atoms with E-state index in [9.17, 15) is 14.0 Å². The van der Waals surface area contributed by atoms with Gasteiger partial charge in [0.15, 0.2) is 0 Å². The highest BCUT2D eigenvalue weighted by Crippen LogP contribution is 2.29. The van der Waals surface area contributed by atoms with Gasteiger partial charge in [0.05, 0.1) is 18.2 Å². The quantitative estimate of drug-likeness (QED) is 0.741. The predicted molar refractivity (Wildman–Crippen MR) is 107 cm³/mol. The Hall–Kier alpha value is -2.44. The van der Waals surface area contributed by atoms with E-state index < -0.39 is 11.9 Å². The van der Waals surface area contributed by atoms with Crippen molar-refractivity contribution in [3.05, 3.63) is 58.9 Å². The third-order valence-electron chi connectivity index (χ3n) is 5.47. The van der Waals surface area contributed by atoms with E-state index in [4.69, 9.17) is 11.6 Å². The molecule has 5 nitrogen and oxygen atoms in total. The highest BCUT2D eigenvalue weighted by Gasteiger charge is 2.43. The van der Waals surface area contributed by atoms with Crippen LogP contribution in [0.3, 0.4) is 0 Å². The maximum Gasteiger partial charge on any atom is 0.251 e. The summed E-state index contributed by atoms with van der Waals surface area (Å²) in [6, 6.07) is 10.8. The van der Waals surface area contributed by atoms with E-state index in [1.54, 1.807) is 0 Å². The van der Waals surface area contributed by atoms with E-state index in [0.29, 0.717) is 23.8 Å². The minimum Gasteiger partial charge on any atom is -0.369 e. The molecule has 4 rings (SSSR count).